The lowest BCUT2D eigenvalue weighted by molar-refractivity contribution is 0.100. The molecule has 0 radical (unpaired) electrons. The van der Waals surface area contributed by atoms with Gasteiger partial charge in [-0.1, -0.05) is 0 Å². The molecule has 0 unspecified atom stereocenters. The van der Waals surface area contributed by atoms with Crippen LogP contribution in [0, 0.1) is 0 Å². The first kappa shape index (κ1) is 10.4. The van der Waals surface area contributed by atoms with Crippen LogP contribution in [0.15, 0.2) is 43.0 Å². The van der Waals surface area contributed by atoms with Crippen molar-refractivity contribution in [2.45, 2.75) is 0 Å². The van der Waals surface area contributed by atoms with E-state index in [9.17, 15) is 4.79 Å². The topological polar surface area (TPSA) is 86.2 Å². The van der Waals surface area contributed by atoms with Crippen molar-refractivity contribution >= 4 is 11.6 Å². The van der Waals surface area contributed by atoms with Gasteiger partial charge in [0.25, 0.3) is 5.91 Å². The summed E-state index contributed by atoms with van der Waals surface area (Å²) in [5.74, 6) is -0.541. The number of amides is 1. The largest absolute Gasteiger partial charge is 0.365 e. The Morgan fingerprint density at radius 3 is 2.83 bits per heavy atom. The highest BCUT2D eigenvalue weighted by molar-refractivity contribution is 5.98. The van der Waals surface area contributed by atoms with E-state index in [2.05, 4.69) is 15.1 Å². The van der Waals surface area contributed by atoms with Crippen molar-refractivity contribution in [3.8, 4) is 11.3 Å². The lowest BCUT2D eigenvalue weighted by Gasteiger charge is -2.03. The second-order valence-electron chi connectivity index (χ2n) is 3.73. The summed E-state index contributed by atoms with van der Waals surface area (Å²) < 4.78 is 1.58. The van der Waals surface area contributed by atoms with Gasteiger partial charge < -0.3 is 5.73 Å². The van der Waals surface area contributed by atoms with Gasteiger partial charge in [-0.2, -0.15) is 5.10 Å². The Kier molecular flexibility index (Phi) is 2.26. The first-order valence-electron chi connectivity index (χ1n) is 5.30. The lowest BCUT2D eigenvalue weighted by atomic mass is 10.2. The molecule has 0 saturated heterocycles. The van der Waals surface area contributed by atoms with Gasteiger partial charge in [0.1, 0.15) is 5.56 Å². The number of aromatic nitrogens is 4. The zero-order chi connectivity index (χ0) is 12.5. The van der Waals surface area contributed by atoms with Gasteiger partial charge >= 0.3 is 0 Å². The Balaban J connectivity index is 2.29. The standard InChI is InChI=1S/C12H9N5O/c13-11(18)9-7-16-17-10(3-5-15-12(9)17)8-2-1-4-14-6-8/h1-7H,(H2,13,18). The first-order valence-corrected chi connectivity index (χ1v) is 5.30. The fourth-order valence-electron chi connectivity index (χ4n) is 1.80. The summed E-state index contributed by atoms with van der Waals surface area (Å²) in [6.07, 6.45) is 6.45. The van der Waals surface area contributed by atoms with Crippen LogP contribution in [-0.2, 0) is 0 Å². The predicted molar refractivity (Wildman–Crippen MR) is 64.7 cm³/mol. The van der Waals surface area contributed by atoms with E-state index in [4.69, 9.17) is 5.73 Å². The van der Waals surface area contributed by atoms with Crippen molar-refractivity contribution < 1.29 is 4.79 Å². The molecule has 3 rings (SSSR count). The summed E-state index contributed by atoms with van der Waals surface area (Å²) in [6, 6.07) is 5.55. The first-order chi connectivity index (χ1) is 8.77. The van der Waals surface area contributed by atoms with E-state index in [1.807, 2.05) is 18.2 Å². The molecule has 3 aromatic rings. The number of carbonyl (C=O) groups excluding carboxylic acids is 1. The lowest BCUT2D eigenvalue weighted by Crippen LogP contribution is -2.11. The zero-order valence-electron chi connectivity index (χ0n) is 9.32. The van der Waals surface area contributed by atoms with Gasteiger partial charge in [0.15, 0.2) is 5.65 Å². The summed E-state index contributed by atoms with van der Waals surface area (Å²) in [6.45, 7) is 0. The van der Waals surface area contributed by atoms with E-state index in [0.717, 1.165) is 11.3 Å². The molecule has 0 spiro atoms. The van der Waals surface area contributed by atoms with Crippen LogP contribution in [-0.4, -0.2) is 25.5 Å². The van der Waals surface area contributed by atoms with Crippen LogP contribution >= 0.6 is 0 Å². The number of pyridine rings is 1. The highest BCUT2D eigenvalue weighted by Crippen LogP contribution is 2.19. The van der Waals surface area contributed by atoms with Gasteiger partial charge in [-0.3, -0.25) is 9.78 Å². The molecule has 18 heavy (non-hydrogen) atoms. The summed E-state index contributed by atoms with van der Waals surface area (Å²) in [7, 11) is 0. The van der Waals surface area contributed by atoms with Crippen LogP contribution in [0.5, 0.6) is 0 Å². The molecule has 6 heteroatoms. The molecule has 0 atom stereocenters. The molecule has 3 aromatic heterocycles. The van der Waals surface area contributed by atoms with Gasteiger partial charge in [-0.15, -0.1) is 0 Å². The van der Waals surface area contributed by atoms with Crippen LogP contribution in [0.25, 0.3) is 16.9 Å². The van der Waals surface area contributed by atoms with Crippen LogP contribution in [0.2, 0.25) is 0 Å². The molecule has 0 aliphatic heterocycles. The molecule has 3 heterocycles. The molecular weight excluding hydrogens is 230 g/mol. The number of primary amides is 1. The molecular formula is C12H9N5O. The maximum absolute atomic E-state index is 11.2. The fraction of sp³-hybridized carbons (Fsp3) is 0. The van der Waals surface area contributed by atoms with Crippen molar-refractivity contribution in [2.24, 2.45) is 5.73 Å². The number of carbonyl (C=O) groups is 1. The summed E-state index contributed by atoms with van der Waals surface area (Å²) >= 11 is 0. The van der Waals surface area contributed by atoms with E-state index in [0.29, 0.717) is 11.2 Å². The average Bonchev–Trinajstić information content (AvgIpc) is 2.83. The minimum absolute atomic E-state index is 0.306. The Morgan fingerprint density at radius 2 is 2.11 bits per heavy atom. The number of hydrogen-bond donors (Lipinski definition) is 1. The quantitative estimate of drug-likeness (QED) is 0.719. The molecule has 0 bridgehead atoms. The molecule has 0 aliphatic carbocycles. The molecule has 88 valence electrons. The van der Waals surface area contributed by atoms with Gasteiger partial charge in [0.2, 0.25) is 0 Å². The Bertz CT molecular complexity index is 720. The van der Waals surface area contributed by atoms with E-state index < -0.39 is 5.91 Å². The molecule has 0 aromatic carbocycles. The number of rotatable bonds is 2. The maximum Gasteiger partial charge on any atom is 0.254 e. The average molecular weight is 239 g/mol. The van der Waals surface area contributed by atoms with E-state index in [1.54, 1.807) is 23.1 Å². The second-order valence-corrected chi connectivity index (χ2v) is 3.73. The predicted octanol–water partition coefficient (Wildman–Crippen LogP) is 0.890. The number of hydrogen-bond acceptors (Lipinski definition) is 4. The molecule has 6 nitrogen and oxygen atoms in total. The molecule has 0 aliphatic rings. The SMILES string of the molecule is NC(=O)c1cnn2c(-c3cccnc3)ccnc12. The highest BCUT2D eigenvalue weighted by Gasteiger charge is 2.13. The van der Waals surface area contributed by atoms with Crippen LogP contribution < -0.4 is 5.73 Å². The van der Waals surface area contributed by atoms with Crippen LogP contribution in [0.1, 0.15) is 10.4 Å². The molecule has 1 amide bonds. The number of nitrogens with two attached hydrogens (primary N) is 1. The van der Waals surface area contributed by atoms with E-state index in [1.165, 1.54) is 6.20 Å². The summed E-state index contributed by atoms with van der Waals surface area (Å²) in [4.78, 5) is 19.4. The third-order valence-corrected chi connectivity index (χ3v) is 2.62. The fourth-order valence-corrected chi connectivity index (χ4v) is 1.80. The van der Waals surface area contributed by atoms with Gasteiger partial charge in [0.05, 0.1) is 11.9 Å². The third-order valence-electron chi connectivity index (χ3n) is 2.62. The van der Waals surface area contributed by atoms with Crippen LogP contribution in [0.3, 0.4) is 0 Å². The highest BCUT2D eigenvalue weighted by atomic mass is 16.1. The maximum atomic E-state index is 11.2. The minimum Gasteiger partial charge on any atom is -0.365 e. The Morgan fingerprint density at radius 1 is 1.22 bits per heavy atom. The van der Waals surface area contributed by atoms with Crippen molar-refractivity contribution in [1.82, 2.24) is 19.6 Å². The second kappa shape index (κ2) is 3.92. The van der Waals surface area contributed by atoms with E-state index in [-0.39, 0.29) is 0 Å². The van der Waals surface area contributed by atoms with Gasteiger partial charge in [-0.05, 0) is 18.2 Å². The van der Waals surface area contributed by atoms with Crippen molar-refractivity contribution in [1.29, 1.82) is 0 Å². The van der Waals surface area contributed by atoms with Crippen molar-refractivity contribution in [3.63, 3.8) is 0 Å². The van der Waals surface area contributed by atoms with Gasteiger partial charge in [-0.25, -0.2) is 9.50 Å². The van der Waals surface area contributed by atoms with Crippen molar-refractivity contribution in [3.05, 3.63) is 48.5 Å². The zero-order valence-corrected chi connectivity index (χ0v) is 9.32. The van der Waals surface area contributed by atoms with E-state index >= 15 is 0 Å². The van der Waals surface area contributed by atoms with Crippen LogP contribution in [0.4, 0.5) is 0 Å². The Hall–Kier alpha value is -2.76. The minimum atomic E-state index is -0.541. The van der Waals surface area contributed by atoms with Gasteiger partial charge in [0, 0.05) is 24.2 Å². The monoisotopic (exact) mass is 239 g/mol. The Labute approximate surface area is 102 Å². The number of fused-ring (bicyclic) bond motifs is 1. The summed E-state index contributed by atoms with van der Waals surface area (Å²) in [5, 5.41) is 4.14. The molecule has 2 N–H and O–H groups in total. The number of nitrogens with zero attached hydrogens (tertiary/aromatic N) is 4. The smallest absolute Gasteiger partial charge is 0.254 e. The summed E-state index contributed by atoms with van der Waals surface area (Å²) in [5.41, 5.74) is 7.72. The third kappa shape index (κ3) is 1.51. The molecule has 0 fully saturated rings. The van der Waals surface area contributed by atoms with Crippen molar-refractivity contribution in [2.75, 3.05) is 0 Å². The normalized spacial score (nSPS) is 10.7. The molecule has 0 saturated carbocycles.